The molecular formula is C19H19NO4. The molecule has 0 aromatic heterocycles. The molecule has 0 aliphatic rings. The number of rotatable bonds is 7. The molecule has 2 rings (SSSR count). The molecule has 0 bridgehead atoms. The lowest BCUT2D eigenvalue weighted by Gasteiger charge is -2.06. The van der Waals surface area contributed by atoms with Crippen molar-refractivity contribution in [3.8, 4) is 0 Å². The van der Waals surface area contributed by atoms with Gasteiger partial charge in [0.05, 0.1) is 12.2 Å². The first-order valence-corrected chi connectivity index (χ1v) is 7.75. The normalized spacial score (nSPS) is 10.0. The van der Waals surface area contributed by atoms with Gasteiger partial charge in [0.2, 0.25) is 5.91 Å². The van der Waals surface area contributed by atoms with Crippen molar-refractivity contribution in [3.05, 3.63) is 65.7 Å². The second kappa shape index (κ2) is 8.62. The minimum atomic E-state index is -0.399. The molecule has 0 saturated heterocycles. The van der Waals surface area contributed by atoms with Gasteiger partial charge in [0.1, 0.15) is 0 Å². The summed E-state index contributed by atoms with van der Waals surface area (Å²) in [6.07, 6.45) is 0.254. The van der Waals surface area contributed by atoms with Gasteiger partial charge >= 0.3 is 5.97 Å². The van der Waals surface area contributed by atoms with Crippen LogP contribution in [0.2, 0.25) is 0 Å². The summed E-state index contributed by atoms with van der Waals surface area (Å²) in [4.78, 5) is 35.4. The quantitative estimate of drug-likeness (QED) is 0.625. The Morgan fingerprint density at radius 2 is 1.54 bits per heavy atom. The zero-order valence-corrected chi connectivity index (χ0v) is 13.5. The number of carbonyl (C=O) groups is 3. The third-order valence-electron chi connectivity index (χ3n) is 3.35. The molecule has 2 aromatic carbocycles. The molecule has 0 radical (unpaired) electrons. The Hall–Kier alpha value is -2.95. The number of esters is 1. The summed E-state index contributed by atoms with van der Waals surface area (Å²) in [5.74, 6) is -0.713. The maximum atomic E-state index is 12.0. The van der Waals surface area contributed by atoms with Crippen molar-refractivity contribution >= 4 is 23.3 Å². The first-order chi connectivity index (χ1) is 11.6. The monoisotopic (exact) mass is 325 g/mol. The molecular weight excluding hydrogens is 306 g/mol. The van der Waals surface area contributed by atoms with E-state index in [1.807, 2.05) is 6.07 Å². The molecule has 0 heterocycles. The lowest BCUT2D eigenvalue weighted by atomic mass is 10.1. The van der Waals surface area contributed by atoms with Crippen molar-refractivity contribution in [1.82, 2.24) is 0 Å². The van der Waals surface area contributed by atoms with Gasteiger partial charge in [-0.2, -0.15) is 0 Å². The van der Waals surface area contributed by atoms with E-state index in [-0.39, 0.29) is 24.5 Å². The average molecular weight is 325 g/mol. The standard InChI is InChI=1S/C19H19NO4/c1-2-24-19(23)15-8-10-16(11-9-15)20-18(22)13-12-17(21)14-6-4-3-5-7-14/h3-11H,2,12-13H2,1H3,(H,20,22). The first-order valence-electron chi connectivity index (χ1n) is 7.75. The van der Waals surface area contributed by atoms with Gasteiger partial charge in [-0.25, -0.2) is 4.79 Å². The molecule has 0 fully saturated rings. The number of carbonyl (C=O) groups excluding carboxylic acids is 3. The summed E-state index contributed by atoms with van der Waals surface area (Å²) in [7, 11) is 0. The van der Waals surface area contributed by atoms with Crippen LogP contribution in [0.5, 0.6) is 0 Å². The smallest absolute Gasteiger partial charge is 0.338 e. The first kappa shape index (κ1) is 17.4. The van der Waals surface area contributed by atoms with Crippen LogP contribution in [0.1, 0.15) is 40.5 Å². The number of ketones is 1. The molecule has 1 N–H and O–H groups in total. The Kier molecular flexibility index (Phi) is 6.25. The summed E-state index contributed by atoms with van der Waals surface area (Å²) in [5.41, 5.74) is 1.60. The highest BCUT2D eigenvalue weighted by molar-refractivity contribution is 6.00. The molecule has 24 heavy (non-hydrogen) atoms. The Bertz CT molecular complexity index is 708. The highest BCUT2D eigenvalue weighted by Gasteiger charge is 2.10. The van der Waals surface area contributed by atoms with E-state index in [0.29, 0.717) is 23.4 Å². The van der Waals surface area contributed by atoms with E-state index in [2.05, 4.69) is 5.32 Å². The second-order valence-corrected chi connectivity index (χ2v) is 5.14. The van der Waals surface area contributed by atoms with Gasteiger partial charge < -0.3 is 10.1 Å². The summed E-state index contributed by atoms with van der Waals surface area (Å²) < 4.78 is 4.89. The second-order valence-electron chi connectivity index (χ2n) is 5.14. The topological polar surface area (TPSA) is 72.5 Å². The number of benzene rings is 2. The summed E-state index contributed by atoms with van der Waals surface area (Å²) in [6.45, 7) is 2.05. The molecule has 2 aromatic rings. The summed E-state index contributed by atoms with van der Waals surface area (Å²) in [6, 6.07) is 15.3. The van der Waals surface area contributed by atoms with Crippen molar-refractivity contribution in [3.63, 3.8) is 0 Å². The van der Waals surface area contributed by atoms with E-state index in [1.165, 1.54) is 0 Å². The Morgan fingerprint density at radius 1 is 0.875 bits per heavy atom. The number of anilines is 1. The lowest BCUT2D eigenvalue weighted by molar-refractivity contribution is -0.116. The molecule has 0 atom stereocenters. The predicted molar refractivity (Wildman–Crippen MR) is 91.0 cm³/mol. The van der Waals surface area contributed by atoms with Crippen LogP contribution in [0, 0.1) is 0 Å². The Balaban J connectivity index is 1.84. The number of nitrogens with one attached hydrogen (secondary N) is 1. The van der Waals surface area contributed by atoms with E-state index >= 15 is 0 Å². The van der Waals surface area contributed by atoms with Gasteiger partial charge in [0.15, 0.2) is 5.78 Å². The van der Waals surface area contributed by atoms with Gasteiger partial charge in [0.25, 0.3) is 0 Å². The highest BCUT2D eigenvalue weighted by Crippen LogP contribution is 2.12. The molecule has 124 valence electrons. The number of Topliss-reactive ketones (excluding diaryl/α,β-unsaturated/α-hetero) is 1. The van der Waals surface area contributed by atoms with Gasteiger partial charge in [0, 0.05) is 24.1 Å². The zero-order chi connectivity index (χ0) is 17.4. The fraction of sp³-hybridized carbons (Fsp3) is 0.211. The van der Waals surface area contributed by atoms with Crippen LogP contribution in [-0.4, -0.2) is 24.3 Å². The number of ether oxygens (including phenoxy) is 1. The van der Waals surface area contributed by atoms with E-state index in [9.17, 15) is 14.4 Å². The van der Waals surface area contributed by atoms with Crippen LogP contribution in [-0.2, 0) is 9.53 Å². The maximum Gasteiger partial charge on any atom is 0.338 e. The molecule has 0 saturated carbocycles. The fourth-order valence-electron chi connectivity index (χ4n) is 2.12. The van der Waals surface area contributed by atoms with Crippen molar-refractivity contribution in [2.24, 2.45) is 0 Å². The van der Waals surface area contributed by atoms with E-state index in [0.717, 1.165) is 0 Å². The van der Waals surface area contributed by atoms with Crippen LogP contribution in [0.4, 0.5) is 5.69 Å². The minimum absolute atomic E-state index is 0.0663. The lowest BCUT2D eigenvalue weighted by Crippen LogP contribution is -2.13. The Labute approximate surface area is 140 Å². The number of amides is 1. The molecule has 0 spiro atoms. The SMILES string of the molecule is CCOC(=O)c1ccc(NC(=O)CCC(=O)c2ccccc2)cc1. The number of hydrogen-bond acceptors (Lipinski definition) is 4. The Morgan fingerprint density at radius 3 is 2.17 bits per heavy atom. The van der Waals surface area contributed by atoms with Crippen molar-refractivity contribution in [2.75, 3.05) is 11.9 Å². The average Bonchev–Trinajstić information content (AvgIpc) is 2.61. The maximum absolute atomic E-state index is 12.0. The van der Waals surface area contributed by atoms with E-state index < -0.39 is 5.97 Å². The molecule has 0 aliphatic heterocycles. The van der Waals surface area contributed by atoms with Crippen molar-refractivity contribution in [2.45, 2.75) is 19.8 Å². The van der Waals surface area contributed by atoms with Crippen LogP contribution < -0.4 is 5.32 Å². The summed E-state index contributed by atoms with van der Waals surface area (Å²) in [5, 5.41) is 2.70. The minimum Gasteiger partial charge on any atom is -0.462 e. The molecule has 0 unspecified atom stereocenters. The van der Waals surface area contributed by atoms with E-state index in [4.69, 9.17) is 4.74 Å². The zero-order valence-electron chi connectivity index (χ0n) is 13.5. The van der Waals surface area contributed by atoms with Crippen LogP contribution >= 0.6 is 0 Å². The van der Waals surface area contributed by atoms with Crippen LogP contribution in [0.3, 0.4) is 0 Å². The van der Waals surface area contributed by atoms with E-state index in [1.54, 1.807) is 55.5 Å². The fourth-order valence-corrected chi connectivity index (χ4v) is 2.12. The van der Waals surface area contributed by atoms with Crippen LogP contribution in [0.15, 0.2) is 54.6 Å². The molecule has 0 aliphatic carbocycles. The predicted octanol–water partition coefficient (Wildman–Crippen LogP) is 3.46. The van der Waals surface area contributed by atoms with Crippen molar-refractivity contribution < 1.29 is 19.1 Å². The summed E-state index contributed by atoms with van der Waals surface area (Å²) >= 11 is 0. The van der Waals surface area contributed by atoms with Gasteiger partial charge in [-0.1, -0.05) is 30.3 Å². The van der Waals surface area contributed by atoms with Gasteiger partial charge in [-0.3, -0.25) is 9.59 Å². The highest BCUT2D eigenvalue weighted by atomic mass is 16.5. The third-order valence-corrected chi connectivity index (χ3v) is 3.35. The van der Waals surface area contributed by atoms with Gasteiger partial charge in [-0.05, 0) is 31.2 Å². The number of hydrogen-bond donors (Lipinski definition) is 1. The van der Waals surface area contributed by atoms with Gasteiger partial charge in [-0.15, -0.1) is 0 Å². The third kappa shape index (κ3) is 5.05. The van der Waals surface area contributed by atoms with Crippen LogP contribution in [0.25, 0.3) is 0 Å². The largest absolute Gasteiger partial charge is 0.462 e. The molecule has 5 heteroatoms. The molecule has 1 amide bonds. The molecule has 5 nitrogen and oxygen atoms in total. The van der Waals surface area contributed by atoms with Crippen molar-refractivity contribution in [1.29, 1.82) is 0 Å².